The lowest BCUT2D eigenvalue weighted by Gasteiger charge is -2.34. The number of hydrogen-bond acceptors (Lipinski definition) is 4. The predicted octanol–water partition coefficient (Wildman–Crippen LogP) is 1.58. The fourth-order valence-corrected chi connectivity index (χ4v) is 2.52. The van der Waals surface area contributed by atoms with Gasteiger partial charge in [0.2, 0.25) is 0 Å². The predicted molar refractivity (Wildman–Crippen MR) is 81.0 cm³/mol. The van der Waals surface area contributed by atoms with Gasteiger partial charge in [0.1, 0.15) is 5.75 Å². The topological polar surface area (TPSA) is 35.9 Å². The Labute approximate surface area is 122 Å². The minimum atomic E-state index is 0.223. The van der Waals surface area contributed by atoms with Crippen molar-refractivity contribution in [3.63, 3.8) is 0 Å². The van der Waals surface area contributed by atoms with E-state index in [0.29, 0.717) is 0 Å². The fourth-order valence-electron chi connectivity index (χ4n) is 2.52. The smallest absolute Gasteiger partial charge is 0.119 e. The molecule has 4 nitrogen and oxygen atoms in total. The molecule has 0 aromatic heterocycles. The second-order valence-corrected chi connectivity index (χ2v) is 5.65. The second-order valence-electron chi connectivity index (χ2n) is 5.65. The average molecular weight is 278 g/mol. The van der Waals surface area contributed by atoms with E-state index in [1.807, 2.05) is 13.8 Å². The van der Waals surface area contributed by atoms with Crippen LogP contribution in [-0.4, -0.2) is 60.3 Å². The molecule has 2 rings (SSSR count). The zero-order valence-electron chi connectivity index (χ0n) is 12.6. The van der Waals surface area contributed by atoms with Gasteiger partial charge >= 0.3 is 0 Å². The van der Waals surface area contributed by atoms with Crippen molar-refractivity contribution in [3.05, 3.63) is 29.8 Å². The molecule has 4 heteroatoms. The first kappa shape index (κ1) is 15.3. The summed E-state index contributed by atoms with van der Waals surface area (Å²) in [6.07, 6.45) is 0.223. The molecule has 0 bridgehead atoms. The summed E-state index contributed by atoms with van der Waals surface area (Å²) >= 11 is 0. The highest BCUT2D eigenvalue weighted by molar-refractivity contribution is 5.27. The molecule has 1 fully saturated rings. The van der Waals surface area contributed by atoms with E-state index >= 15 is 0 Å². The minimum absolute atomic E-state index is 0.223. The van der Waals surface area contributed by atoms with Crippen molar-refractivity contribution >= 4 is 0 Å². The molecule has 0 saturated carbocycles. The molecular weight excluding hydrogens is 252 g/mol. The number of β-amino-alcohol motifs (C(OH)–C–C–N with tert-alkyl or cyclic N) is 1. The quantitative estimate of drug-likeness (QED) is 0.857. The maximum Gasteiger partial charge on any atom is 0.119 e. The van der Waals surface area contributed by atoms with E-state index in [1.165, 1.54) is 5.56 Å². The number of aliphatic hydroxyl groups is 1. The van der Waals surface area contributed by atoms with E-state index in [9.17, 15) is 0 Å². The van der Waals surface area contributed by atoms with Crippen LogP contribution in [0.15, 0.2) is 24.3 Å². The van der Waals surface area contributed by atoms with Gasteiger partial charge in [-0.05, 0) is 31.5 Å². The number of hydrogen-bond donors (Lipinski definition) is 1. The molecule has 0 amide bonds. The van der Waals surface area contributed by atoms with Crippen LogP contribution in [-0.2, 0) is 6.54 Å². The fraction of sp³-hybridized carbons (Fsp3) is 0.625. The first-order valence-electron chi connectivity index (χ1n) is 7.48. The summed E-state index contributed by atoms with van der Waals surface area (Å²) in [6.45, 7) is 10.4. The first-order valence-corrected chi connectivity index (χ1v) is 7.48. The monoisotopic (exact) mass is 278 g/mol. The largest absolute Gasteiger partial charge is 0.491 e. The highest BCUT2D eigenvalue weighted by atomic mass is 16.5. The Morgan fingerprint density at radius 2 is 1.65 bits per heavy atom. The SMILES string of the molecule is CC(C)Oc1ccc(CN2CCN(CCO)CC2)cc1. The van der Waals surface area contributed by atoms with Gasteiger partial charge in [0, 0.05) is 39.3 Å². The van der Waals surface area contributed by atoms with Crippen LogP contribution >= 0.6 is 0 Å². The van der Waals surface area contributed by atoms with Gasteiger partial charge in [-0.1, -0.05) is 12.1 Å². The molecular formula is C16H26N2O2. The van der Waals surface area contributed by atoms with E-state index in [4.69, 9.17) is 9.84 Å². The second kappa shape index (κ2) is 7.62. The highest BCUT2D eigenvalue weighted by Gasteiger charge is 2.16. The van der Waals surface area contributed by atoms with Gasteiger partial charge in [0.25, 0.3) is 0 Å². The van der Waals surface area contributed by atoms with Crippen molar-refractivity contribution in [2.24, 2.45) is 0 Å². The van der Waals surface area contributed by atoms with E-state index in [0.717, 1.165) is 45.0 Å². The molecule has 1 aromatic carbocycles. The third-order valence-corrected chi connectivity index (χ3v) is 3.58. The third kappa shape index (κ3) is 4.78. The van der Waals surface area contributed by atoms with Crippen molar-refractivity contribution in [1.82, 2.24) is 9.80 Å². The van der Waals surface area contributed by atoms with Crippen LogP contribution in [0.25, 0.3) is 0 Å². The Bertz CT molecular complexity index is 384. The van der Waals surface area contributed by atoms with Crippen molar-refractivity contribution < 1.29 is 9.84 Å². The molecule has 1 heterocycles. The van der Waals surface area contributed by atoms with Gasteiger partial charge < -0.3 is 9.84 Å². The van der Waals surface area contributed by atoms with Crippen molar-refractivity contribution in [3.8, 4) is 5.75 Å². The van der Waals surface area contributed by atoms with Crippen LogP contribution in [0.3, 0.4) is 0 Å². The Hall–Kier alpha value is -1.10. The van der Waals surface area contributed by atoms with Gasteiger partial charge in [-0.15, -0.1) is 0 Å². The van der Waals surface area contributed by atoms with Gasteiger partial charge in [0.05, 0.1) is 12.7 Å². The maximum absolute atomic E-state index is 8.94. The lowest BCUT2D eigenvalue weighted by molar-refractivity contribution is 0.108. The number of piperazine rings is 1. The highest BCUT2D eigenvalue weighted by Crippen LogP contribution is 2.15. The minimum Gasteiger partial charge on any atom is -0.491 e. The number of ether oxygens (including phenoxy) is 1. The summed E-state index contributed by atoms with van der Waals surface area (Å²) in [6, 6.07) is 8.41. The molecule has 1 aliphatic heterocycles. The Morgan fingerprint density at radius 3 is 2.20 bits per heavy atom. The molecule has 0 spiro atoms. The average Bonchev–Trinajstić information content (AvgIpc) is 2.43. The van der Waals surface area contributed by atoms with Gasteiger partial charge in [-0.2, -0.15) is 0 Å². The van der Waals surface area contributed by atoms with E-state index < -0.39 is 0 Å². The molecule has 20 heavy (non-hydrogen) atoms. The Morgan fingerprint density at radius 1 is 1.05 bits per heavy atom. The lowest BCUT2D eigenvalue weighted by atomic mass is 10.2. The van der Waals surface area contributed by atoms with E-state index in [1.54, 1.807) is 0 Å². The number of aliphatic hydroxyl groups excluding tert-OH is 1. The summed E-state index contributed by atoms with van der Waals surface area (Å²) in [4.78, 5) is 4.78. The third-order valence-electron chi connectivity index (χ3n) is 3.58. The molecule has 1 aliphatic rings. The maximum atomic E-state index is 8.94. The molecule has 1 aromatic rings. The number of benzene rings is 1. The van der Waals surface area contributed by atoms with Gasteiger partial charge in [0.15, 0.2) is 0 Å². The summed E-state index contributed by atoms with van der Waals surface area (Å²) in [5, 5.41) is 8.94. The Kier molecular flexibility index (Phi) is 5.83. The van der Waals surface area contributed by atoms with E-state index in [-0.39, 0.29) is 12.7 Å². The number of rotatable bonds is 6. The Balaban J connectivity index is 1.79. The molecule has 1 saturated heterocycles. The molecule has 0 aliphatic carbocycles. The number of nitrogens with zero attached hydrogens (tertiary/aromatic N) is 2. The van der Waals surface area contributed by atoms with Crippen LogP contribution in [0.1, 0.15) is 19.4 Å². The van der Waals surface area contributed by atoms with Crippen LogP contribution in [0.2, 0.25) is 0 Å². The standard InChI is InChI=1S/C16H26N2O2/c1-14(2)20-16-5-3-15(4-6-16)13-18-9-7-17(8-10-18)11-12-19/h3-6,14,19H,7-13H2,1-2H3. The van der Waals surface area contributed by atoms with Crippen LogP contribution < -0.4 is 4.74 Å². The lowest BCUT2D eigenvalue weighted by Crippen LogP contribution is -2.46. The van der Waals surface area contributed by atoms with Gasteiger partial charge in [-0.25, -0.2) is 0 Å². The molecule has 112 valence electrons. The van der Waals surface area contributed by atoms with Crippen molar-refractivity contribution in [2.75, 3.05) is 39.3 Å². The van der Waals surface area contributed by atoms with Gasteiger partial charge in [-0.3, -0.25) is 9.80 Å². The summed E-state index contributed by atoms with van der Waals surface area (Å²) in [5.74, 6) is 0.941. The molecule has 0 radical (unpaired) electrons. The van der Waals surface area contributed by atoms with Crippen LogP contribution in [0, 0.1) is 0 Å². The molecule has 0 atom stereocenters. The summed E-state index contributed by atoms with van der Waals surface area (Å²) in [5.41, 5.74) is 1.33. The molecule has 1 N–H and O–H groups in total. The molecule has 0 unspecified atom stereocenters. The van der Waals surface area contributed by atoms with Crippen LogP contribution in [0.5, 0.6) is 5.75 Å². The summed E-state index contributed by atoms with van der Waals surface area (Å²) in [7, 11) is 0. The van der Waals surface area contributed by atoms with Crippen molar-refractivity contribution in [2.45, 2.75) is 26.5 Å². The zero-order chi connectivity index (χ0) is 14.4. The van der Waals surface area contributed by atoms with Crippen molar-refractivity contribution in [1.29, 1.82) is 0 Å². The first-order chi connectivity index (χ1) is 9.67. The zero-order valence-corrected chi connectivity index (χ0v) is 12.6. The summed E-state index contributed by atoms with van der Waals surface area (Å²) < 4.78 is 5.66. The van der Waals surface area contributed by atoms with E-state index in [2.05, 4.69) is 34.1 Å². The normalized spacial score (nSPS) is 17.6. The van der Waals surface area contributed by atoms with Crippen LogP contribution in [0.4, 0.5) is 0 Å².